The van der Waals surface area contributed by atoms with Gasteiger partial charge in [-0.05, 0) is 85.6 Å². The summed E-state index contributed by atoms with van der Waals surface area (Å²) in [6, 6.07) is 28.4. The van der Waals surface area contributed by atoms with Crippen LogP contribution in [0.3, 0.4) is 0 Å². The van der Waals surface area contributed by atoms with Gasteiger partial charge in [0.25, 0.3) is 5.56 Å². The average Bonchev–Trinajstić information content (AvgIpc) is 2.92. The first-order valence-electron chi connectivity index (χ1n) is 11.9. The standard InChI is InChI=1S/C30H24ClN3O2S2/c1-19-11-14-22(17-20(19)2)34-29(36)24-7-3-4-8-25(24)33-30(34)37-18-28(35)32-26-9-5-6-10-27(26)38-23-15-12-21(31)13-16-23/h3-17H,18H2,1-2H3,(H,32,35). The van der Waals surface area contributed by atoms with Crippen LogP contribution >= 0.6 is 35.1 Å². The van der Waals surface area contributed by atoms with Gasteiger partial charge in [-0.15, -0.1) is 0 Å². The number of aromatic nitrogens is 2. The lowest BCUT2D eigenvalue weighted by Gasteiger charge is -2.15. The Labute approximate surface area is 234 Å². The summed E-state index contributed by atoms with van der Waals surface area (Å²) >= 11 is 8.80. The van der Waals surface area contributed by atoms with Crippen LogP contribution < -0.4 is 10.9 Å². The number of fused-ring (bicyclic) bond motifs is 1. The Kier molecular flexibility index (Phi) is 7.88. The third kappa shape index (κ3) is 5.80. The number of anilines is 1. The second-order valence-electron chi connectivity index (χ2n) is 8.71. The Morgan fingerprint density at radius 3 is 2.45 bits per heavy atom. The number of aryl methyl sites for hydroxylation is 2. The molecule has 0 fully saturated rings. The predicted octanol–water partition coefficient (Wildman–Crippen LogP) is 7.54. The normalized spacial score (nSPS) is 11.0. The summed E-state index contributed by atoms with van der Waals surface area (Å²) in [4.78, 5) is 33.3. The number of halogens is 1. The van der Waals surface area contributed by atoms with Gasteiger partial charge in [0.2, 0.25) is 5.91 Å². The number of para-hydroxylation sites is 2. The first-order chi connectivity index (χ1) is 18.4. The fourth-order valence-corrected chi connectivity index (χ4v) is 5.75. The summed E-state index contributed by atoms with van der Waals surface area (Å²) in [5.74, 6) is -0.0940. The number of hydrogen-bond donors (Lipinski definition) is 1. The van der Waals surface area contributed by atoms with E-state index in [0.717, 1.165) is 32.3 Å². The lowest BCUT2D eigenvalue weighted by atomic mass is 10.1. The maximum atomic E-state index is 13.5. The lowest BCUT2D eigenvalue weighted by molar-refractivity contribution is -0.113. The number of carbonyl (C=O) groups is 1. The van der Waals surface area contributed by atoms with E-state index in [1.165, 1.54) is 11.8 Å². The third-order valence-electron chi connectivity index (χ3n) is 6.03. The highest BCUT2D eigenvalue weighted by molar-refractivity contribution is 8.00. The molecule has 0 saturated carbocycles. The Morgan fingerprint density at radius 2 is 1.66 bits per heavy atom. The number of thioether (sulfide) groups is 1. The quantitative estimate of drug-likeness (QED) is 0.165. The van der Waals surface area contributed by atoms with Gasteiger partial charge in [-0.2, -0.15) is 0 Å². The van der Waals surface area contributed by atoms with Gasteiger partial charge in [0.05, 0.1) is 28.0 Å². The molecule has 0 atom stereocenters. The van der Waals surface area contributed by atoms with Crippen LogP contribution in [0.1, 0.15) is 11.1 Å². The molecule has 5 nitrogen and oxygen atoms in total. The summed E-state index contributed by atoms with van der Waals surface area (Å²) in [5.41, 5.74) is 4.10. The van der Waals surface area contributed by atoms with Gasteiger partial charge in [0, 0.05) is 14.8 Å². The minimum absolute atomic E-state index is 0.0928. The monoisotopic (exact) mass is 557 g/mol. The zero-order chi connectivity index (χ0) is 26.6. The third-order valence-corrected chi connectivity index (χ3v) is 8.30. The van der Waals surface area contributed by atoms with Crippen LogP contribution in [0.15, 0.2) is 111 Å². The molecule has 0 spiro atoms. The van der Waals surface area contributed by atoms with E-state index < -0.39 is 0 Å². The second kappa shape index (κ2) is 11.5. The number of rotatable bonds is 7. The van der Waals surface area contributed by atoms with Crippen molar-refractivity contribution in [2.45, 2.75) is 28.8 Å². The summed E-state index contributed by atoms with van der Waals surface area (Å²) in [7, 11) is 0. The zero-order valence-electron chi connectivity index (χ0n) is 20.8. The molecule has 0 aliphatic heterocycles. The van der Waals surface area contributed by atoms with E-state index in [1.54, 1.807) is 22.4 Å². The van der Waals surface area contributed by atoms with Crippen molar-refractivity contribution in [3.63, 3.8) is 0 Å². The van der Waals surface area contributed by atoms with Crippen LogP contribution in [0.4, 0.5) is 5.69 Å². The lowest BCUT2D eigenvalue weighted by Crippen LogP contribution is -2.23. The Balaban J connectivity index is 1.40. The van der Waals surface area contributed by atoms with E-state index in [2.05, 4.69) is 5.32 Å². The topological polar surface area (TPSA) is 64.0 Å². The fraction of sp³-hybridized carbons (Fsp3) is 0.100. The highest BCUT2D eigenvalue weighted by Crippen LogP contribution is 2.34. The molecule has 0 bridgehead atoms. The molecule has 0 radical (unpaired) electrons. The van der Waals surface area contributed by atoms with Crippen molar-refractivity contribution in [1.82, 2.24) is 9.55 Å². The predicted molar refractivity (Wildman–Crippen MR) is 158 cm³/mol. The van der Waals surface area contributed by atoms with Crippen molar-refractivity contribution in [2.75, 3.05) is 11.1 Å². The molecule has 5 aromatic rings. The van der Waals surface area contributed by atoms with E-state index in [0.29, 0.717) is 21.1 Å². The van der Waals surface area contributed by atoms with Gasteiger partial charge in [0.1, 0.15) is 0 Å². The number of amides is 1. The van der Waals surface area contributed by atoms with Gasteiger partial charge in [-0.25, -0.2) is 4.98 Å². The van der Waals surface area contributed by atoms with Crippen LogP contribution in [0.5, 0.6) is 0 Å². The van der Waals surface area contributed by atoms with Crippen LogP contribution in [0.25, 0.3) is 16.6 Å². The van der Waals surface area contributed by atoms with Crippen molar-refractivity contribution in [2.24, 2.45) is 0 Å². The van der Waals surface area contributed by atoms with E-state index >= 15 is 0 Å². The molecule has 38 heavy (non-hydrogen) atoms. The van der Waals surface area contributed by atoms with Gasteiger partial charge in [0.15, 0.2) is 5.16 Å². The summed E-state index contributed by atoms with van der Waals surface area (Å²) in [6.45, 7) is 4.04. The highest BCUT2D eigenvalue weighted by atomic mass is 35.5. The minimum atomic E-state index is -0.187. The molecule has 5 rings (SSSR count). The van der Waals surface area contributed by atoms with Crippen molar-refractivity contribution >= 4 is 57.6 Å². The van der Waals surface area contributed by atoms with Crippen molar-refractivity contribution in [3.05, 3.63) is 117 Å². The molecule has 1 heterocycles. The number of carbonyl (C=O) groups excluding carboxylic acids is 1. The fourth-order valence-electron chi connectivity index (χ4n) is 3.91. The van der Waals surface area contributed by atoms with Gasteiger partial charge >= 0.3 is 0 Å². The Hall–Kier alpha value is -3.52. The highest BCUT2D eigenvalue weighted by Gasteiger charge is 2.16. The molecule has 0 aliphatic carbocycles. The summed E-state index contributed by atoms with van der Waals surface area (Å²) in [6.07, 6.45) is 0. The molecule has 8 heteroatoms. The first-order valence-corrected chi connectivity index (χ1v) is 14.1. The molecule has 0 aliphatic rings. The molecule has 0 unspecified atom stereocenters. The first kappa shape index (κ1) is 26.1. The van der Waals surface area contributed by atoms with Crippen molar-refractivity contribution < 1.29 is 4.79 Å². The van der Waals surface area contributed by atoms with Crippen LogP contribution in [0, 0.1) is 13.8 Å². The maximum Gasteiger partial charge on any atom is 0.266 e. The van der Waals surface area contributed by atoms with E-state index in [9.17, 15) is 9.59 Å². The molecule has 4 aromatic carbocycles. The number of nitrogens with one attached hydrogen (secondary N) is 1. The smallest absolute Gasteiger partial charge is 0.266 e. The largest absolute Gasteiger partial charge is 0.324 e. The molecular formula is C30H24ClN3O2S2. The SMILES string of the molecule is Cc1ccc(-n2c(SCC(=O)Nc3ccccc3Sc3ccc(Cl)cc3)nc3ccccc3c2=O)cc1C. The van der Waals surface area contributed by atoms with Crippen LogP contribution in [0.2, 0.25) is 5.02 Å². The molecular weight excluding hydrogens is 534 g/mol. The molecule has 1 N–H and O–H groups in total. The maximum absolute atomic E-state index is 13.5. The number of hydrogen-bond acceptors (Lipinski definition) is 5. The van der Waals surface area contributed by atoms with Crippen LogP contribution in [-0.4, -0.2) is 21.2 Å². The second-order valence-corrected chi connectivity index (χ2v) is 11.2. The average molecular weight is 558 g/mol. The van der Waals surface area contributed by atoms with Gasteiger partial charge in [-0.3, -0.25) is 14.2 Å². The molecule has 0 saturated heterocycles. The summed E-state index contributed by atoms with van der Waals surface area (Å²) < 4.78 is 1.59. The minimum Gasteiger partial charge on any atom is -0.324 e. The van der Waals surface area contributed by atoms with E-state index in [-0.39, 0.29) is 17.2 Å². The molecule has 190 valence electrons. The number of benzene rings is 4. The van der Waals surface area contributed by atoms with Crippen molar-refractivity contribution in [1.29, 1.82) is 0 Å². The number of nitrogens with zero attached hydrogens (tertiary/aromatic N) is 2. The van der Waals surface area contributed by atoms with Gasteiger partial charge in [-0.1, -0.05) is 65.5 Å². The Bertz CT molecular complexity index is 1700. The van der Waals surface area contributed by atoms with Crippen LogP contribution in [-0.2, 0) is 4.79 Å². The molecule has 1 amide bonds. The molecule has 1 aromatic heterocycles. The van der Waals surface area contributed by atoms with E-state index in [1.807, 2.05) is 98.8 Å². The van der Waals surface area contributed by atoms with E-state index in [4.69, 9.17) is 16.6 Å². The van der Waals surface area contributed by atoms with Gasteiger partial charge < -0.3 is 5.32 Å². The Morgan fingerprint density at radius 1 is 0.921 bits per heavy atom. The summed E-state index contributed by atoms with van der Waals surface area (Å²) in [5, 5.41) is 4.70. The zero-order valence-corrected chi connectivity index (χ0v) is 23.2. The van der Waals surface area contributed by atoms with Crippen molar-refractivity contribution in [3.8, 4) is 5.69 Å².